The maximum absolute atomic E-state index is 5.36. The number of benzene rings is 1. The van der Waals surface area contributed by atoms with Crippen LogP contribution in [-0.4, -0.2) is 0 Å². The molecular weight excluding hydrogens is 339 g/mol. The number of rotatable bonds is 2. The van der Waals surface area contributed by atoms with Crippen molar-refractivity contribution in [2.24, 2.45) is 0 Å². The fourth-order valence-electron chi connectivity index (χ4n) is 1.94. The van der Waals surface area contributed by atoms with Crippen LogP contribution in [-0.2, 0) is 0 Å². The Morgan fingerprint density at radius 1 is 0.778 bits per heavy atom. The SMILES string of the molecule is Cc1ccc(-c2cocc2-c2cocc2I)cc1. The molecule has 0 N–H and O–H groups in total. The normalized spacial score (nSPS) is 10.8. The first-order chi connectivity index (χ1) is 8.75. The monoisotopic (exact) mass is 350 g/mol. The van der Waals surface area contributed by atoms with E-state index in [9.17, 15) is 0 Å². The van der Waals surface area contributed by atoms with Gasteiger partial charge in [-0.3, -0.25) is 0 Å². The van der Waals surface area contributed by atoms with Crippen molar-refractivity contribution in [2.75, 3.05) is 0 Å². The molecular formula is C15H11IO2. The molecule has 90 valence electrons. The summed E-state index contributed by atoms with van der Waals surface area (Å²) in [7, 11) is 0. The summed E-state index contributed by atoms with van der Waals surface area (Å²) in [6.07, 6.45) is 7.04. The van der Waals surface area contributed by atoms with Crippen LogP contribution in [0.1, 0.15) is 5.56 Å². The number of aryl methyl sites for hydroxylation is 1. The first kappa shape index (κ1) is 11.6. The van der Waals surface area contributed by atoms with Gasteiger partial charge in [0.15, 0.2) is 0 Å². The largest absolute Gasteiger partial charge is 0.471 e. The van der Waals surface area contributed by atoms with Crippen LogP contribution in [0.15, 0.2) is 58.2 Å². The molecule has 0 aliphatic carbocycles. The predicted molar refractivity (Wildman–Crippen MR) is 79.3 cm³/mol. The van der Waals surface area contributed by atoms with Crippen LogP contribution >= 0.6 is 22.6 Å². The second-order valence-electron chi connectivity index (χ2n) is 4.20. The molecule has 0 saturated heterocycles. The Kier molecular flexibility index (Phi) is 2.99. The van der Waals surface area contributed by atoms with Gasteiger partial charge >= 0.3 is 0 Å². The predicted octanol–water partition coefficient (Wildman–Crippen LogP) is 5.12. The van der Waals surface area contributed by atoms with E-state index < -0.39 is 0 Å². The summed E-state index contributed by atoms with van der Waals surface area (Å²) in [5, 5.41) is 0. The van der Waals surface area contributed by atoms with Crippen LogP contribution in [0, 0.1) is 10.5 Å². The number of hydrogen-bond acceptors (Lipinski definition) is 2. The average Bonchev–Trinajstić information content (AvgIpc) is 2.98. The van der Waals surface area contributed by atoms with Crippen molar-refractivity contribution in [1.29, 1.82) is 0 Å². The van der Waals surface area contributed by atoms with Crippen molar-refractivity contribution >= 4 is 22.6 Å². The van der Waals surface area contributed by atoms with Crippen LogP contribution in [0.4, 0.5) is 0 Å². The molecule has 18 heavy (non-hydrogen) atoms. The Bertz CT molecular complexity index is 662. The van der Waals surface area contributed by atoms with E-state index in [1.165, 1.54) is 5.56 Å². The van der Waals surface area contributed by atoms with Crippen LogP contribution in [0.5, 0.6) is 0 Å². The highest BCUT2D eigenvalue weighted by Crippen LogP contribution is 2.35. The lowest BCUT2D eigenvalue weighted by molar-refractivity contribution is 0.564. The Labute approximate surface area is 119 Å². The smallest absolute Gasteiger partial charge is 0.104 e. The minimum absolute atomic E-state index is 1.07. The van der Waals surface area contributed by atoms with E-state index in [4.69, 9.17) is 8.83 Å². The third-order valence-electron chi connectivity index (χ3n) is 2.93. The van der Waals surface area contributed by atoms with Crippen molar-refractivity contribution in [3.8, 4) is 22.3 Å². The highest BCUT2D eigenvalue weighted by Gasteiger charge is 2.14. The summed E-state index contributed by atoms with van der Waals surface area (Å²) >= 11 is 2.26. The van der Waals surface area contributed by atoms with Gasteiger partial charge in [-0.2, -0.15) is 0 Å². The van der Waals surface area contributed by atoms with Crippen LogP contribution < -0.4 is 0 Å². The van der Waals surface area contributed by atoms with Crippen molar-refractivity contribution < 1.29 is 8.83 Å². The highest BCUT2D eigenvalue weighted by atomic mass is 127. The molecule has 0 spiro atoms. The molecule has 2 nitrogen and oxygen atoms in total. The zero-order valence-electron chi connectivity index (χ0n) is 9.81. The summed E-state index contributed by atoms with van der Waals surface area (Å²) in [6.45, 7) is 2.08. The molecule has 2 heterocycles. The van der Waals surface area contributed by atoms with Crippen molar-refractivity contribution in [3.63, 3.8) is 0 Å². The molecule has 0 atom stereocenters. The standard InChI is InChI=1S/C15H11IO2/c1-10-2-4-11(5-3-10)12-6-17-7-13(12)14-8-18-9-15(14)16/h2-9H,1H3. The number of furan rings is 2. The second kappa shape index (κ2) is 4.65. The second-order valence-corrected chi connectivity index (χ2v) is 5.36. The third-order valence-corrected chi connectivity index (χ3v) is 3.76. The molecule has 3 heteroatoms. The van der Waals surface area contributed by atoms with Gasteiger partial charge in [0.2, 0.25) is 0 Å². The summed E-state index contributed by atoms with van der Waals surface area (Å²) < 4.78 is 11.7. The molecule has 0 fully saturated rings. The average molecular weight is 350 g/mol. The van der Waals surface area contributed by atoms with Gasteiger partial charge in [0.05, 0.1) is 22.4 Å². The zero-order chi connectivity index (χ0) is 12.5. The van der Waals surface area contributed by atoms with Gasteiger partial charge in [-0.05, 0) is 35.1 Å². The van der Waals surface area contributed by atoms with Gasteiger partial charge in [-0.25, -0.2) is 0 Å². The van der Waals surface area contributed by atoms with Gasteiger partial charge in [0, 0.05) is 16.7 Å². The highest BCUT2D eigenvalue weighted by molar-refractivity contribution is 14.1. The van der Waals surface area contributed by atoms with E-state index in [-0.39, 0.29) is 0 Å². The van der Waals surface area contributed by atoms with E-state index in [1.807, 2.05) is 0 Å². The molecule has 0 bridgehead atoms. The summed E-state index contributed by atoms with van der Waals surface area (Å²) in [5.41, 5.74) is 5.63. The van der Waals surface area contributed by atoms with Gasteiger partial charge in [-0.1, -0.05) is 29.8 Å². The van der Waals surface area contributed by atoms with E-state index in [2.05, 4.69) is 53.8 Å². The van der Waals surface area contributed by atoms with Gasteiger partial charge in [0.25, 0.3) is 0 Å². The molecule has 3 aromatic rings. The molecule has 0 aliphatic heterocycles. The fraction of sp³-hybridized carbons (Fsp3) is 0.0667. The fourth-order valence-corrected chi connectivity index (χ4v) is 2.50. The van der Waals surface area contributed by atoms with E-state index in [0.717, 1.165) is 25.8 Å². The zero-order valence-corrected chi connectivity index (χ0v) is 12.0. The topological polar surface area (TPSA) is 26.3 Å². The summed E-state index contributed by atoms with van der Waals surface area (Å²) in [5.74, 6) is 0. The Morgan fingerprint density at radius 2 is 1.39 bits per heavy atom. The summed E-state index contributed by atoms with van der Waals surface area (Å²) in [6, 6.07) is 8.42. The molecule has 2 aromatic heterocycles. The molecule has 0 saturated carbocycles. The minimum Gasteiger partial charge on any atom is -0.471 e. The first-order valence-electron chi connectivity index (χ1n) is 5.61. The third kappa shape index (κ3) is 1.99. The van der Waals surface area contributed by atoms with Crippen LogP contribution in [0.25, 0.3) is 22.3 Å². The number of halogens is 1. The van der Waals surface area contributed by atoms with E-state index in [0.29, 0.717) is 0 Å². The quantitative estimate of drug-likeness (QED) is 0.600. The lowest BCUT2D eigenvalue weighted by Gasteiger charge is -2.02. The molecule has 3 rings (SSSR count). The molecule has 0 amide bonds. The first-order valence-corrected chi connectivity index (χ1v) is 6.69. The van der Waals surface area contributed by atoms with Gasteiger partial charge in [-0.15, -0.1) is 0 Å². The van der Waals surface area contributed by atoms with Crippen molar-refractivity contribution in [2.45, 2.75) is 6.92 Å². The Hall–Kier alpha value is -1.49. The molecule has 0 unspecified atom stereocenters. The van der Waals surface area contributed by atoms with Crippen LogP contribution in [0.2, 0.25) is 0 Å². The maximum atomic E-state index is 5.36. The van der Waals surface area contributed by atoms with Crippen LogP contribution in [0.3, 0.4) is 0 Å². The number of hydrogen-bond donors (Lipinski definition) is 0. The minimum atomic E-state index is 1.07. The maximum Gasteiger partial charge on any atom is 0.104 e. The lowest BCUT2D eigenvalue weighted by atomic mass is 10.0. The van der Waals surface area contributed by atoms with Gasteiger partial charge < -0.3 is 8.83 Å². The summed E-state index contributed by atoms with van der Waals surface area (Å²) in [4.78, 5) is 0. The van der Waals surface area contributed by atoms with Crippen molar-refractivity contribution in [1.82, 2.24) is 0 Å². The molecule has 0 radical (unpaired) electrons. The van der Waals surface area contributed by atoms with E-state index in [1.54, 1.807) is 25.1 Å². The Balaban J connectivity index is 2.12. The molecule has 0 aliphatic rings. The lowest BCUT2D eigenvalue weighted by Crippen LogP contribution is -1.80. The van der Waals surface area contributed by atoms with Crippen molar-refractivity contribution in [3.05, 3.63) is 58.5 Å². The Morgan fingerprint density at radius 3 is 2.06 bits per heavy atom. The van der Waals surface area contributed by atoms with E-state index >= 15 is 0 Å². The van der Waals surface area contributed by atoms with Gasteiger partial charge in [0.1, 0.15) is 6.26 Å². The molecule has 1 aromatic carbocycles.